The third-order valence-corrected chi connectivity index (χ3v) is 3.89. The van der Waals surface area contributed by atoms with E-state index in [4.69, 9.17) is 14.2 Å². The van der Waals surface area contributed by atoms with Crippen LogP contribution < -0.4 is 9.47 Å². The highest BCUT2D eigenvalue weighted by atomic mass is 16.7. The monoisotopic (exact) mass is 370 g/mol. The van der Waals surface area contributed by atoms with Crippen molar-refractivity contribution in [2.75, 3.05) is 20.8 Å². The highest BCUT2D eigenvalue weighted by Crippen LogP contribution is 2.32. The van der Waals surface area contributed by atoms with Gasteiger partial charge in [-0.1, -0.05) is 6.07 Å². The highest BCUT2D eigenvalue weighted by molar-refractivity contribution is 5.87. The molecule has 0 radical (unpaired) electrons. The predicted octanol–water partition coefficient (Wildman–Crippen LogP) is -0.940. The smallest absolute Gasteiger partial charge is 0.330 e. The van der Waals surface area contributed by atoms with Gasteiger partial charge in [0.05, 0.1) is 20.8 Å². The Morgan fingerprint density at radius 2 is 1.88 bits per heavy atom. The zero-order valence-electron chi connectivity index (χ0n) is 14.3. The van der Waals surface area contributed by atoms with E-state index in [0.717, 1.165) is 0 Å². The van der Waals surface area contributed by atoms with Gasteiger partial charge >= 0.3 is 5.97 Å². The molecule has 1 aromatic carbocycles. The van der Waals surface area contributed by atoms with E-state index in [-0.39, 0.29) is 11.5 Å². The first-order chi connectivity index (χ1) is 12.4. The summed E-state index contributed by atoms with van der Waals surface area (Å²) in [5, 5.41) is 38.8. The number of aliphatic hydroxyl groups excluding tert-OH is 4. The second-order valence-corrected chi connectivity index (χ2v) is 5.58. The lowest BCUT2D eigenvalue weighted by Gasteiger charge is -2.39. The van der Waals surface area contributed by atoms with E-state index in [0.29, 0.717) is 5.56 Å². The summed E-state index contributed by atoms with van der Waals surface area (Å²) in [4.78, 5) is 11.1. The third-order valence-electron chi connectivity index (χ3n) is 3.89. The van der Waals surface area contributed by atoms with Crippen LogP contribution in [0, 0.1) is 0 Å². The molecular weight excluding hydrogens is 348 g/mol. The van der Waals surface area contributed by atoms with Gasteiger partial charge in [-0.3, -0.25) is 0 Å². The molecule has 9 nitrogen and oxygen atoms in total. The maximum atomic E-state index is 11.1. The SMILES string of the molecule is COC(=O)/C=C/c1ccc(O[C@@H]2O[C@H](CO)[C@@H](O)[C@H](O)[C@H]2O)c(OC)c1. The Balaban J connectivity index is 2.18. The maximum Gasteiger partial charge on any atom is 0.330 e. The van der Waals surface area contributed by atoms with Crippen LogP contribution in [-0.4, -0.2) is 77.9 Å². The van der Waals surface area contributed by atoms with Crippen LogP contribution in [0.15, 0.2) is 24.3 Å². The van der Waals surface area contributed by atoms with Crippen molar-refractivity contribution < 1.29 is 44.2 Å². The molecule has 0 amide bonds. The molecule has 1 saturated heterocycles. The molecule has 26 heavy (non-hydrogen) atoms. The fourth-order valence-corrected chi connectivity index (χ4v) is 2.41. The summed E-state index contributed by atoms with van der Waals surface area (Å²) >= 11 is 0. The molecule has 1 aromatic rings. The number of carbonyl (C=O) groups excluding carboxylic acids is 1. The van der Waals surface area contributed by atoms with Crippen molar-refractivity contribution in [2.24, 2.45) is 0 Å². The van der Waals surface area contributed by atoms with E-state index in [9.17, 15) is 25.2 Å². The first-order valence-corrected chi connectivity index (χ1v) is 7.82. The highest BCUT2D eigenvalue weighted by Gasteiger charge is 2.44. The largest absolute Gasteiger partial charge is 0.493 e. The molecule has 0 bridgehead atoms. The molecule has 1 aliphatic rings. The topological polar surface area (TPSA) is 135 Å². The van der Waals surface area contributed by atoms with Crippen LogP contribution in [0.1, 0.15) is 5.56 Å². The normalized spacial score (nSPS) is 28.8. The quantitative estimate of drug-likeness (QED) is 0.370. The molecule has 0 aromatic heterocycles. The second kappa shape index (κ2) is 8.97. The van der Waals surface area contributed by atoms with Gasteiger partial charge in [-0.2, -0.15) is 0 Å². The molecular formula is C17H22O9. The van der Waals surface area contributed by atoms with Crippen LogP contribution in [-0.2, 0) is 14.3 Å². The molecule has 9 heteroatoms. The van der Waals surface area contributed by atoms with Crippen LogP contribution in [0.4, 0.5) is 0 Å². The Bertz CT molecular complexity index is 643. The molecule has 0 unspecified atom stereocenters. The minimum Gasteiger partial charge on any atom is -0.493 e. The van der Waals surface area contributed by atoms with Crippen LogP contribution in [0.3, 0.4) is 0 Å². The first kappa shape index (κ1) is 20.1. The standard InChI is InChI=1S/C17H22O9/c1-23-11-7-9(4-6-13(19)24-2)3-5-10(11)25-17-16(22)15(21)14(20)12(8-18)26-17/h3-7,12,14-18,20-22H,8H2,1-2H3/b6-4+/t12-,14-,15+,16-,17-/m1/s1. The first-order valence-electron chi connectivity index (χ1n) is 7.82. The van der Waals surface area contributed by atoms with Gasteiger partial charge in [0.1, 0.15) is 24.4 Å². The summed E-state index contributed by atoms with van der Waals surface area (Å²) in [6.45, 7) is -0.556. The van der Waals surface area contributed by atoms with Crippen molar-refractivity contribution in [3.8, 4) is 11.5 Å². The van der Waals surface area contributed by atoms with E-state index in [1.807, 2.05) is 0 Å². The Morgan fingerprint density at radius 1 is 1.15 bits per heavy atom. The molecule has 0 aliphatic carbocycles. The lowest BCUT2D eigenvalue weighted by Crippen LogP contribution is -2.60. The Morgan fingerprint density at radius 3 is 2.50 bits per heavy atom. The van der Waals surface area contributed by atoms with E-state index < -0.39 is 43.3 Å². The number of rotatable bonds is 6. The van der Waals surface area contributed by atoms with Crippen molar-refractivity contribution in [3.63, 3.8) is 0 Å². The molecule has 4 N–H and O–H groups in total. The molecule has 0 saturated carbocycles. The van der Waals surface area contributed by atoms with Gasteiger partial charge in [-0.05, 0) is 23.8 Å². The molecule has 2 rings (SSSR count). The van der Waals surface area contributed by atoms with Gasteiger partial charge in [0, 0.05) is 6.08 Å². The fraction of sp³-hybridized carbons (Fsp3) is 0.471. The number of ether oxygens (including phenoxy) is 4. The van der Waals surface area contributed by atoms with Gasteiger partial charge in [0.2, 0.25) is 6.29 Å². The van der Waals surface area contributed by atoms with E-state index in [2.05, 4.69) is 4.74 Å². The number of hydrogen-bond donors (Lipinski definition) is 4. The Kier molecular flexibility index (Phi) is 6.95. The van der Waals surface area contributed by atoms with E-state index >= 15 is 0 Å². The Hall–Kier alpha value is -2.17. The number of hydrogen-bond acceptors (Lipinski definition) is 9. The summed E-state index contributed by atoms with van der Waals surface area (Å²) in [5.74, 6) is -0.0216. The van der Waals surface area contributed by atoms with Crippen molar-refractivity contribution >= 4 is 12.0 Å². The maximum absolute atomic E-state index is 11.1. The average Bonchev–Trinajstić information content (AvgIpc) is 2.66. The zero-order valence-corrected chi connectivity index (χ0v) is 14.3. The lowest BCUT2D eigenvalue weighted by atomic mass is 9.99. The molecule has 0 spiro atoms. The lowest BCUT2D eigenvalue weighted by molar-refractivity contribution is -0.277. The van der Waals surface area contributed by atoms with E-state index in [1.54, 1.807) is 12.1 Å². The summed E-state index contributed by atoms with van der Waals surface area (Å²) in [6, 6.07) is 4.73. The summed E-state index contributed by atoms with van der Waals surface area (Å²) in [5.41, 5.74) is 0.633. The average molecular weight is 370 g/mol. The number of carbonyl (C=O) groups is 1. The van der Waals surface area contributed by atoms with Crippen molar-refractivity contribution in [1.29, 1.82) is 0 Å². The summed E-state index contributed by atoms with van der Waals surface area (Å²) in [7, 11) is 2.67. The van der Waals surface area contributed by atoms with Crippen molar-refractivity contribution in [1.82, 2.24) is 0 Å². The van der Waals surface area contributed by atoms with Gasteiger partial charge in [0.15, 0.2) is 11.5 Å². The number of aliphatic hydroxyl groups is 4. The van der Waals surface area contributed by atoms with Crippen molar-refractivity contribution in [3.05, 3.63) is 29.8 Å². The molecule has 144 valence electrons. The van der Waals surface area contributed by atoms with Crippen LogP contribution in [0.25, 0.3) is 6.08 Å². The van der Waals surface area contributed by atoms with Gasteiger partial charge < -0.3 is 39.4 Å². The molecule has 1 fully saturated rings. The Labute approximate surface area is 150 Å². The fourth-order valence-electron chi connectivity index (χ4n) is 2.41. The van der Waals surface area contributed by atoms with Gasteiger partial charge in [-0.15, -0.1) is 0 Å². The van der Waals surface area contributed by atoms with E-state index in [1.165, 1.54) is 32.4 Å². The minimum absolute atomic E-state index is 0.201. The summed E-state index contributed by atoms with van der Waals surface area (Å²) in [6.07, 6.45) is -4.18. The molecule has 1 aliphatic heterocycles. The molecule has 1 heterocycles. The third kappa shape index (κ3) is 4.51. The number of esters is 1. The minimum atomic E-state index is -1.54. The van der Waals surface area contributed by atoms with Gasteiger partial charge in [0.25, 0.3) is 0 Å². The number of benzene rings is 1. The molecule has 5 atom stereocenters. The predicted molar refractivity (Wildman–Crippen MR) is 88.4 cm³/mol. The van der Waals surface area contributed by atoms with Crippen LogP contribution in [0.2, 0.25) is 0 Å². The van der Waals surface area contributed by atoms with Crippen molar-refractivity contribution in [2.45, 2.75) is 30.7 Å². The van der Waals surface area contributed by atoms with Crippen LogP contribution >= 0.6 is 0 Å². The van der Waals surface area contributed by atoms with Gasteiger partial charge in [-0.25, -0.2) is 4.79 Å². The van der Waals surface area contributed by atoms with Crippen LogP contribution in [0.5, 0.6) is 11.5 Å². The number of methoxy groups -OCH3 is 2. The summed E-state index contributed by atoms with van der Waals surface area (Å²) < 4.78 is 20.6. The second-order valence-electron chi connectivity index (χ2n) is 5.58. The zero-order chi connectivity index (χ0) is 19.3.